The Balaban J connectivity index is 1.88. The summed E-state index contributed by atoms with van der Waals surface area (Å²) in [6.45, 7) is 1.96. The van der Waals surface area contributed by atoms with Gasteiger partial charge in [0.25, 0.3) is 0 Å². The van der Waals surface area contributed by atoms with Crippen molar-refractivity contribution in [2.45, 2.75) is 25.8 Å². The SMILES string of the molecule is Oc1c(Br)cc(CNCC2CCC2)cc1Br. The summed E-state index contributed by atoms with van der Waals surface area (Å²) in [6.07, 6.45) is 4.13. The molecule has 16 heavy (non-hydrogen) atoms. The molecule has 0 atom stereocenters. The van der Waals surface area contributed by atoms with Gasteiger partial charge in [-0.1, -0.05) is 6.42 Å². The number of benzene rings is 1. The van der Waals surface area contributed by atoms with Crippen LogP contribution in [-0.2, 0) is 6.54 Å². The normalized spacial score (nSPS) is 16.1. The minimum absolute atomic E-state index is 0.266. The monoisotopic (exact) mass is 347 g/mol. The van der Waals surface area contributed by atoms with Crippen LogP contribution in [0.15, 0.2) is 21.1 Å². The molecule has 2 N–H and O–H groups in total. The predicted octanol–water partition coefficient (Wildman–Crippen LogP) is 3.81. The average molecular weight is 349 g/mol. The largest absolute Gasteiger partial charge is 0.506 e. The number of phenols is 1. The van der Waals surface area contributed by atoms with Gasteiger partial charge >= 0.3 is 0 Å². The van der Waals surface area contributed by atoms with Gasteiger partial charge in [-0.05, 0) is 74.9 Å². The smallest absolute Gasteiger partial charge is 0.143 e. The third kappa shape index (κ3) is 2.99. The van der Waals surface area contributed by atoms with Crippen LogP contribution in [0.1, 0.15) is 24.8 Å². The van der Waals surface area contributed by atoms with E-state index in [-0.39, 0.29) is 5.75 Å². The van der Waals surface area contributed by atoms with E-state index in [1.54, 1.807) is 0 Å². The maximum atomic E-state index is 9.58. The number of rotatable bonds is 4. The number of halogens is 2. The molecule has 0 bridgehead atoms. The van der Waals surface area contributed by atoms with E-state index >= 15 is 0 Å². The Labute approximate surface area is 113 Å². The molecule has 2 nitrogen and oxygen atoms in total. The number of hydrogen-bond donors (Lipinski definition) is 2. The van der Waals surface area contributed by atoms with Gasteiger partial charge in [0.15, 0.2) is 0 Å². The molecule has 1 aliphatic carbocycles. The second-order valence-corrected chi connectivity index (χ2v) is 6.04. The van der Waals surface area contributed by atoms with Crippen molar-refractivity contribution < 1.29 is 5.11 Å². The number of aromatic hydroxyl groups is 1. The molecule has 2 rings (SSSR count). The Bertz CT molecular complexity index is 354. The summed E-state index contributed by atoms with van der Waals surface area (Å²) in [7, 11) is 0. The molecular weight excluding hydrogens is 334 g/mol. The van der Waals surface area contributed by atoms with Crippen LogP contribution in [0.4, 0.5) is 0 Å². The molecule has 0 saturated heterocycles. The molecule has 0 unspecified atom stereocenters. The minimum atomic E-state index is 0.266. The maximum absolute atomic E-state index is 9.58. The van der Waals surface area contributed by atoms with E-state index in [4.69, 9.17) is 0 Å². The van der Waals surface area contributed by atoms with Crippen LogP contribution in [0.25, 0.3) is 0 Å². The van der Waals surface area contributed by atoms with Crippen molar-refractivity contribution in [2.24, 2.45) is 5.92 Å². The van der Waals surface area contributed by atoms with Gasteiger partial charge in [0, 0.05) is 6.54 Å². The molecule has 1 fully saturated rings. The van der Waals surface area contributed by atoms with Crippen molar-refractivity contribution in [3.8, 4) is 5.75 Å². The lowest BCUT2D eigenvalue weighted by Crippen LogP contribution is -2.26. The standard InChI is InChI=1S/C12H15Br2NO/c13-10-4-9(5-11(14)12(10)16)7-15-6-8-2-1-3-8/h4-5,8,15-16H,1-3,6-7H2. The van der Waals surface area contributed by atoms with E-state index in [1.807, 2.05) is 12.1 Å². The summed E-state index contributed by atoms with van der Waals surface area (Å²) in [4.78, 5) is 0. The molecule has 1 saturated carbocycles. The zero-order valence-electron chi connectivity index (χ0n) is 8.97. The van der Waals surface area contributed by atoms with Gasteiger partial charge in [-0.25, -0.2) is 0 Å². The molecule has 0 spiro atoms. The molecule has 4 heteroatoms. The van der Waals surface area contributed by atoms with Gasteiger partial charge < -0.3 is 10.4 Å². The van der Waals surface area contributed by atoms with Crippen molar-refractivity contribution in [2.75, 3.05) is 6.54 Å². The Morgan fingerprint density at radius 2 is 1.88 bits per heavy atom. The Morgan fingerprint density at radius 3 is 2.38 bits per heavy atom. The molecule has 0 radical (unpaired) electrons. The van der Waals surface area contributed by atoms with Crippen LogP contribution in [0.3, 0.4) is 0 Å². The van der Waals surface area contributed by atoms with E-state index in [2.05, 4.69) is 37.2 Å². The van der Waals surface area contributed by atoms with E-state index in [0.29, 0.717) is 0 Å². The molecule has 0 aromatic heterocycles. The van der Waals surface area contributed by atoms with Crippen LogP contribution in [0.2, 0.25) is 0 Å². The third-order valence-corrected chi connectivity index (χ3v) is 4.27. The molecule has 88 valence electrons. The first kappa shape index (κ1) is 12.4. The lowest BCUT2D eigenvalue weighted by atomic mass is 9.85. The summed E-state index contributed by atoms with van der Waals surface area (Å²) in [5.74, 6) is 1.15. The highest BCUT2D eigenvalue weighted by Crippen LogP contribution is 2.33. The van der Waals surface area contributed by atoms with E-state index in [0.717, 1.165) is 28.0 Å². The molecule has 0 heterocycles. The zero-order valence-corrected chi connectivity index (χ0v) is 12.1. The lowest BCUT2D eigenvalue weighted by molar-refractivity contribution is 0.301. The van der Waals surface area contributed by atoms with E-state index in [9.17, 15) is 5.11 Å². The molecule has 1 aliphatic rings. The minimum Gasteiger partial charge on any atom is -0.506 e. The fourth-order valence-corrected chi connectivity index (χ4v) is 3.12. The lowest BCUT2D eigenvalue weighted by Gasteiger charge is -2.25. The first-order valence-electron chi connectivity index (χ1n) is 5.54. The third-order valence-electron chi connectivity index (χ3n) is 3.06. The predicted molar refractivity (Wildman–Crippen MR) is 72.6 cm³/mol. The van der Waals surface area contributed by atoms with Crippen LogP contribution >= 0.6 is 31.9 Å². The first-order valence-corrected chi connectivity index (χ1v) is 7.13. The average Bonchev–Trinajstić information content (AvgIpc) is 2.18. The molecule has 0 aliphatic heterocycles. The van der Waals surface area contributed by atoms with Crippen molar-refractivity contribution >= 4 is 31.9 Å². The second kappa shape index (κ2) is 5.52. The van der Waals surface area contributed by atoms with Crippen molar-refractivity contribution in [3.63, 3.8) is 0 Å². The second-order valence-electron chi connectivity index (χ2n) is 4.34. The maximum Gasteiger partial charge on any atom is 0.143 e. The first-order chi connectivity index (χ1) is 7.66. The summed E-state index contributed by atoms with van der Waals surface area (Å²) in [5, 5.41) is 13.0. The Morgan fingerprint density at radius 1 is 1.25 bits per heavy atom. The number of nitrogens with one attached hydrogen (secondary N) is 1. The van der Waals surface area contributed by atoms with Crippen LogP contribution in [0, 0.1) is 5.92 Å². The Hall–Kier alpha value is -0.0600. The van der Waals surface area contributed by atoms with Crippen molar-refractivity contribution in [3.05, 3.63) is 26.6 Å². The van der Waals surface area contributed by atoms with Gasteiger partial charge in [0.05, 0.1) is 8.95 Å². The highest BCUT2D eigenvalue weighted by molar-refractivity contribution is 9.11. The quantitative estimate of drug-likeness (QED) is 0.867. The van der Waals surface area contributed by atoms with E-state index < -0.39 is 0 Å². The molecular formula is C12H15Br2NO. The van der Waals surface area contributed by atoms with Gasteiger partial charge in [-0.15, -0.1) is 0 Å². The zero-order chi connectivity index (χ0) is 11.5. The highest BCUT2D eigenvalue weighted by atomic mass is 79.9. The Kier molecular flexibility index (Phi) is 4.27. The molecule has 1 aromatic carbocycles. The number of phenolic OH excluding ortho intramolecular Hbond substituents is 1. The molecule has 0 amide bonds. The molecule has 1 aromatic rings. The summed E-state index contributed by atoms with van der Waals surface area (Å²) in [6, 6.07) is 3.90. The van der Waals surface area contributed by atoms with Crippen LogP contribution in [0.5, 0.6) is 5.75 Å². The van der Waals surface area contributed by atoms with Crippen LogP contribution < -0.4 is 5.32 Å². The highest BCUT2D eigenvalue weighted by Gasteiger charge is 2.16. The fourth-order valence-electron chi connectivity index (χ4n) is 1.84. The summed E-state index contributed by atoms with van der Waals surface area (Å²) < 4.78 is 1.48. The van der Waals surface area contributed by atoms with Crippen molar-refractivity contribution in [1.29, 1.82) is 0 Å². The van der Waals surface area contributed by atoms with E-state index in [1.165, 1.54) is 24.8 Å². The topological polar surface area (TPSA) is 32.3 Å². The van der Waals surface area contributed by atoms with Gasteiger partial charge in [-0.2, -0.15) is 0 Å². The van der Waals surface area contributed by atoms with Gasteiger partial charge in [-0.3, -0.25) is 0 Å². The van der Waals surface area contributed by atoms with Crippen LogP contribution in [-0.4, -0.2) is 11.7 Å². The fraction of sp³-hybridized carbons (Fsp3) is 0.500. The van der Waals surface area contributed by atoms with Gasteiger partial charge in [0.2, 0.25) is 0 Å². The van der Waals surface area contributed by atoms with Gasteiger partial charge in [0.1, 0.15) is 5.75 Å². The summed E-state index contributed by atoms with van der Waals surface area (Å²) >= 11 is 6.67. The van der Waals surface area contributed by atoms with Crippen molar-refractivity contribution in [1.82, 2.24) is 5.32 Å². The number of hydrogen-bond acceptors (Lipinski definition) is 2. The summed E-state index contributed by atoms with van der Waals surface area (Å²) in [5.41, 5.74) is 1.18.